The van der Waals surface area contributed by atoms with Crippen molar-refractivity contribution in [1.82, 2.24) is 14.0 Å². The van der Waals surface area contributed by atoms with Gasteiger partial charge in [-0.2, -0.15) is 0 Å². The van der Waals surface area contributed by atoms with E-state index in [0.29, 0.717) is 0 Å². The van der Waals surface area contributed by atoms with Crippen molar-refractivity contribution in [2.45, 2.75) is 5.41 Å². The molecule has 3 heteroatoms. The molecule has 0 bridgehead atoms. The quantitative estimate of drug-likeness (QED) is 0.160. The van der Waals surface area contributed by atoms with Crippen LogP contribution >= 0.6 is 0 Å². The normalized spacial score (nSPS) is 14.1. The van der Waals surface area contributed by atoms with Gasteiger partial charge in [-0.3, -0.25) is 4.40 Å². The summed E-state index contributed by atoms with van der Waals surface area (Å²) in [5.74, 6) is 0. The summed E-state index contributed by atoms with van der Waals surface area (Å²) in [5, 5.41) is 6.18. The largest absolute Gasteiger partial charge is 0.308 e. The fourth-order valence-electron chi connectivity index (χ4n) is 9.43. The van der Waals surface area contributed by atoms with E-state index < -0.39 is 5.41 Å². The molecule has 0 N–H and O–H groups in total. The van der Waals surface area contributed by atoms with Gasteiger partial charge in [0, 0.05) is 16.2 Å². The number of para-hydroxylation sites is 5. The van der Waals surface area contributed by atoms with Gasteiger partial charge in [-0.1, -0.05) is 127 Å². The van der Waals surface area contributed by atoms with Gasteiger partial charge in [-0.05, 0) is 63.0 Å². The molecule has 1 aliphatic carbocycles. The summed E-state index contributed by atoms with van der Waals surface area (Å²) in [6.45, 7) is 0. The van der Waals surface area contributed by atoms with E-state index in [-0.39, 0.29) is 0 Å². The van der Waals surface area contributed by atoms with Crippen LogP contribution in [0.15, 0.2) is 152 Å². The fraction of sp³-hybridized carbons (Fsp3) is 0.0227. The molecule has 0 saturated carbocycles. The smallest absolute Gasteiger partial charge is 0.148 e. The highest BCUT2D eigenvalue weighted by atomic mass is 15.0. The number of benzene rings is 7. The van der Waals surface area contributed by atoms with Crippen molar-refractivity contribution in [3.63, 3.8) is 0 Å². The van der Waals surface area contributed by atoms with Crippen molar-refractivity contribution < 1.29 is 0 Å². The van der Waals surface area contributed by atoms with E-state index in [1.165, 1.54) is 82.5 Å². The van der Waals surface area contributed by atoms with E-state index in [0.717, 1.165) is 16.7 Å². The molecule has 0 amide bonds. The molecular formula is C44H25N3. The predicted molar refractivity (Wildman–Crippen MR) is 193 cm³/mol. The Bertz CT molecular complexity index is 2980. The minimum atomic E-state index is -0.423. The summed E-state index contributed by atoms with van der Waals surface area (Å²) in [6.07, 6.45) is 0. The minimum absolute atomic E-state index is 0.423. The number of rotatable bonds is 0. The lowest BCUT2D eigenvalue weighted by Crippen LogP contribution is -2.33. The Hall–Kier alpha value is -6.19. The first-order chi connectivity index (χ1) is 23.4. The average molecular weight is 596 g/mol. The van der Waals surface area contributed by atoms with Crippen LogP contribution in [0.5, 0.6) is 0 Å². The molecule has 3 aromatic heterocycles. The summed E-state index contributed by atoms with van der Waals surface area (Å²) in [7, 11) is 0. The third kappa shape index (κ3) is 2.60. The Morgan fingerprint density at radius 3 is 1.85 bits per heavy atom. The van der Waals surface area contributed by atoms with E-state index in [1.807, 2.05) is 0 Å². The lowest BCUT2D eigenvalue weighted by molar-refractivity contribution is 0.749. The third-order valence-electron chi connectivity index (χ3n) is 11.1. The topological polar surface area (TPSA) is 22.2 Å². The maximum atomic E-state index is 5.37. The molecule has 3 nitrogen and oxygen atoms in total. The number of imidazole rings is 1. The van der Waals surface area contributed by atoms with Crippen molar-refractivity contribution in [1.29, 1.82) is 0 Å². The predicted octanol–water partition coefficient (Wildman–Crippen LogP) is 10.6. The van der Waals surface area contributed by atoms with E-state index in [4.69, 9.17) is 4.98 Å². The van der Waals surface area contributed by atoms with E-state index >= 15 is 0 Å². The molecule has 7 aromatic carbocycles. The van der Waals surface area contributed by atoms with Crippen LogP contribution in [0.1, 0.15) is 22.3 Å². The van der Waals surface area contributed by atoms with E-state index in [1.54, 1.807) is 0 Å². The average Bonchev–Trinajstić information content (AvgIpc) is 3.79. The molecule has 0 radical (unpaired) electrons. The second-order valence-electron chi connectivity index (χ2n) is 13.1. The second-order valence-corrected chi connectivity index (χ2v) is 13.1. The monoisotopic (exact) mass is 595 g/mol. The Morgan fingerprint density at radius 1 is 0.426 bits per heavy atom. The van der Waals surface area contributed by atoms with Crippen LogP contribution in [0, 0.1) is 0 Å². The lowest BCUT2D eigenvalue weighted by Gasteiger charge is -2.39. The highest BCUT2D eigenvalue weighted by Crippen LogP contribution is 2.61. The Morgan fingerprint density at radius 2 is 1.02 bits per heavy atom. The zero-order valence-corrected chi connectivity index (χ0v) is 25.3. The van der Waals surface area contributed by atoms with Crippen LogP contribution in [0.3, 0.4) is 0 Å². The summed E-state index contributed by atoms with van der Waals surface area (Å²) < 4.78 is 4.94. The minimum Gasteiger partial charge on any atom is -0.308 e. The number of hydrogen-bond donors (Lipinski definition) is 0. The third-order valence-corrected chi connectivity index (χ3v) is 11.1. The zero-order chi connectivity index (χ0) is 30.4. The molecule has 0 unspecified atom stereocenters. The van der Waals surface area contributed by atoms with Crippen LogP contribution in [-0.4, -0.2) is 14.0 Å². The molecule has 0 fully saturated rings. The number of nitrogens with zero attached hydrogens (tertiary/aromatic N) is 3. The van der Waals surface area contributed by atoms with Gasteiger partial charge in [0.1, 0.15) is 5.65 Å². The molecular weight excluding hydrogens is 571 g/mol. The summed E-state index contributed by atoms with van der Waals surface area (Å²) in [6, 6.07) is 56.1. The maximum Gasteiger partial charge on any atom is 0.148 e. The van der Waals surface area contributed by atoms with Crippen LogP contribution in [0.4, 0.5) is 0 Å². The molecule has 0 atom stereocenters. The molecule has 2 aliphatic rings. The van der Waals surface area contributed by atoms with Crippen molar-refractivity contribution >= 4 is 60.2 Å². The number of fused-ring (bicyclic) bond motifs is 21. The van der Waals surface area contributed by atoms with Gasteiger partial charge in [-0.25, -0.2) is 4.98 Å². The van der Waals surface area contributed by atoms with Crippen LogP contribution < -0.4 is 0 Å². The Labute approximate surface area is 269 Å². The first kappa shape index (κ1) is 24.1. The van der Waals surface area contributed by atoms with Crippen molar-refractivity contribution in [2.75, 3.05) is 0 Å². The van der Waals surface area contributed by atoms with Crippen molar-refractivity contribution in [3.05, 3.63) is 174 Å². The van der Waals surface area contributed by atoms with Crippen LogP contribution in [0.25, 0.3) is 77.0 Å². The second kappa shape index (κ2) is 8.14. The van der Waals surface area contributed by atoms with Gasteiger partial charge in [0.15, 0.2) is 0 Å². The first-order valence-electron chi connectivity index (χ1n) is 16.3. The van der Waals surface area contributed by atoms with Gasteiger partial charge in [0.05, 0.1) is 44.1 Å². The SMILES string of the molecule is c1ccc2c(c1)-c1ccccc1C21c2ccccc2-n2c3c1cccc3c1ccc3c4ccccc4n4c5ccccc5nc4c3c12. The molecule has 12 rings (SSSR count). The highest BCUT2D eigenvalue weighted by molar-refractivity contribution is 6.28. The van der Waals surface area contributed by atoms with Crippen molar-refractivity contribution in [2.24, 2.45) is 0 Å². The van der Waals surface area contributed by atoms with E-state index in [2.05, 4.69) is 161 Å². The maximum absolute atomic E-state index is 5.37. The first-order valence-corrected chi connectivity index (χ1v) is 16.3. The zero-order valence-electron chi connectivity index (χ0n) is 25.3. The molecule has 47 heavy (non-hydrogen) atoms. The molecule has 216 valence electrons. The Balaban J connectivity index is 1.38. The summed E-state index contributed by atoms with van der Waals surface area (Å²) in [4.78, 5) is 5.37. The number of hydrogen-bond acceptors (Lipinski definition) is 1. The number of aromatic nitrogens is 3. The molecule has 0 saturated heterocycles. The molecule has 10 aromatic rings. The fourth-order valence-corrected chi connectivity index (χ4v) is 9.43. The lowest BCUT2D eigenvalue weighted by atomic mass is 9.65. The molecule has 4 heterocycles. The molecule has 1 aliphatic heterocycles. The molecule has 1 spiro atoms. The van der Waals surface area contributed by atoms with Gasteiger partial charge in [0.25, 0.3) is 0 Å². The van der Waals surface area contributed by atoms with Gasteiger partial charge in [0.2, 0.25) is 0 Å². The highest BCUT2D eigenvalue weighted by Gasteiger charge is 2.50. The van der Waals surface area contributed by atoms with Gasteiger partial charge in [-0.15, -0.1) is 0 Å². The van der Waals surface area contributed by atoms with Crippen molar-refractivity contribution in [3.8, 4) is 16.8 Å². The Kier molecular flexibility index (Phi) is 4.17. The van der Waals surface area contributed by atoms with Gasteiger partial charge < -0.3 is 4.57 Å². The number of pyridine rings is 1. The van der Waals surface area contributed by atoms with Crippen LogP contribution in [0.2, 0.25) is 0 Å². The summed E-state index contributed by atoms with van der Waals surface area (Å²) >= 11 is 0. The van der Waals surface area contributed by atoms with Crippen LogP contribution in [-0.2, 0) is 5.41 Å². The van der Waals surface area contributed by atoms with Gasteiger partial charge >= 0.3 is 0 Å². The standard InChI is InChI=1S/C44H25N3/c1-4-16-32-26(12-1)27-13-2-5-17-33(27)44(32)34-18-6-9-22-38(34)47-41-30(15-11-19-35(41)44)31-25-24-29-28-14-3-8-21-37(28)46-39-23-10-7-20-36(39)45-43(46)40(29)42(31)47/h1-25H. The van der Waals surface area contributed by atoms with E-state index in [9.17, 15) is 0 Å². The summed E-state index contributed by atoms with van der Waals surface area (Å²) in [5.41, 5.74) is 15.6.